The van der Waals surface area contributed by atoms with Gasteiger partial charge < -0.3 is 15.3 Å². The Balaban J connectivity index is 4.72. The summed E-state index contributed by atoms with van der Waals surface area (Å²) < 4.78 is -0.400. The number of nitrogens with zero attached hydrogens (tertiary/aromatic N) is 1. The molecule has 0 aromatic rings. The van der Waals surface area contributed by atoms with Crippen molar-refractivity contribution in [2.24, 2.45) is 0 Å². The normalized spacial score (nSPS) is 15.1. The van der Waals surface area contributed by atoms with Crippen molar-refractivity contribution in [1.29, 1.82) is 0 Å². The molecule has 264 valence electrons. The highest BCUT2D eigenvalue weighted by molar-refractivity contribution is 5.78. The van der Waals surface area contributed by atoms with E-state index >= 15 is 0 Å². The number of carboxylic acids is 3. The molecule has 3 unspecified atom stereocenters. The Morgan fingerprint density at radius 2 is 0.733 bits per heavy atom. The molecule has 3 N–H and O–H groups in total. The minimum absolute atomic E-state index is 0.230. The third kappa shape index (κ3) is 18.1. The van der Waals surface area contributed by atoms with Crippen molar-refractivity contribution < 1.29 is 34.2 Å². The second-order valence-corrected chi connectivity index (χ2v) is 13.4. The van der Waals surface area contributed by atoms with E-state index < -0.39 is 40.5 Å². The average Bonchev–Trinajstić information content (AvgIpc) is 3.00. The zero-order valence-electron chi connectivity index (χ0n) is 29.8. The van der Waals surface area contributed by atoms with E-state index in [-0.39, 0.29) is 25.8 Å². The molecular formula is C38H72NO6+. The van der Waals surface area contributed by atoms with Crippen molar-refractivity contribution in [2.75, 3.05) is 6.54 Å². The molecule has 0 aliphatic carbocycles. The van der Waals surface area contributed by atoms with Crippen LogP contribution < -0.4 is 0 Å². The van der Waals surface area contributed by atoms with Gasteiger partial charge in [0, 0.05) is 25.7 Å². The van der Waals surface area contributed by atoms with Crippen LogP contribution in [0.5, 0.6) is 0 Å². The number of aliphatic carboxylic acids is 3. The van der Waals surface area contributed by atoms with E-state index in [0.717, 1.165) is 12.8 Å². The van der Waals surface area contributed by atoms with Gasteiger partial charge in [-0.05, 0) is 38.5 Å². The number of carbonyl (C=O) groups is 3. The third-order valence-corrected chi connectivity index (χ3v) is 9.59. The maximum atomic E-state index is 12.6. The number of rotatable bonds is 33. The summed E-state index contributed by atoms with van der Waals surface area (Å²) in [6.07, 6.45) is 30.6. The molecule has 0 saturated carbocycles. The van der Waals surface area contributed by atoms with Gasteiger partial charge >= 0.3 is 17.9 Å². The van der Waals surface area contributed by atoms with Crippen LogP contribution >= 0.6 is 0 Å². The molecule has 0 heterocycles. The molecule has 0 aliphatic rings. The van der Waals surface area contributed by atoms with Crippen LogP contribution in [0.3, 0.4) is 0 Å². The number of carboxylic acid groups (broad SMARTS) is 3. The number of unbranched alkanes of at least 4 members (excludes halogenated alkanes) is 17. The summed E-state index contributed by atoms with van der Waals surface area (Å²) >= 11 is 0. The minimum atomic E-state index is -1.10. The number of hydrogen-bond acceptors (Lipinski definition) is 3. The summed E-state index contributed by atoms with van der Waals surface area (Å²) in [5.41, 5.74) is 0. The zero-order valence-corrected chi connectivity index (χ0v) is 29.8. The van der Waals surface area contributed by atoms with Crippen LogP contribution in [-0.4, -0.2) is 62.4 Å². The van der Waals surface area contributed by atoms with Crippen LogP contribution in [0.25, 0.3) is 0 Å². The van der Waals surface area contributed by atoms with E-state index in [1.54, 1.807) is 0 Å². The van der Waals surface area contributed by atoms with Crippen molar-refractivity contribution in [3.8, 4) is 0 Å². The summed E-state index contributed by atoms with van der Waals surface area (Å²) in [6, 6.07) is -3.20. The largest absolute Gasteiger partial charge is 0.477 e. The Morgan fingerprint density at radius 3 is 1.02 bits per heavy atom. The highest BCUT2D eigenvalue weighted by Gasteiger charge is 2.56. The van der Waals surface area contributed by atoms with E-state index in [2.05, 4.69) is 19.1 Å². The molecule has 0 rings (SSSR count). The van der Waals surface area contributed by atoms with Crippen molar-refractivity contribution in [1.82, 2.24) is 0 Å². The second kappa shape index (κ2) is 28.3. The van der Waals surface area contributed by atoms with E-state index in [1.165, 1.54) is 96.3 Å². The van der Waals surface area contributed by atoms with Gasteiger partial charge in [0.2, 0.25) is 0 Å². The Kier molecular flexibility index (Phi) is 27.2. The van der Waals surface area contributed by atoms with Gasteiger partial charge in [-0.25, -0.2) is 14.4 Å². The Bertz CT molecular complexity index is 722. The molecule has 7 nitrogen and oxygen atoms in total. The van der Waals surface area contributed by atoms with Crippen LogP contribution in [-0.2, 0) is 14.4 Å². The van der Waals surface area contributed by atoms with Crippen LogP contribution in [0.2, 0.25) is 0 Å². The second-order valence-electron chi connectivity index (χ2n) is 13.4. The van der Waals surface area contributed by atoms with Crippen molar-refractivity contribution in [3.05, 3.63) is 12.2 Å². The first kappa shape index (κ1) is 43.1. The lowest BCUT2D eigenvalue weighted by Crippen LogP contribution is -2.72. The molecular weight excluding hydrogens is 566 g/mol. The van der Waals surface area contributed by atoms with E-state index in [0.29, 0.717) is 32.1 Å². The standard InChI is InChI=1S/C38H71NO6/c1-5-9-10-11-12-13-14-15-16-17-18-19-20-21-22-23-24-25-26-27-28-32-39(33(29-6-2)36(40)41,34(30-7-3)37(42)43)35(31-8-4)38(44)45/h25-26,33-35H,5-24,27-32H2,1-4H3,(H2-,40,41,42,43,44,45)/p+1/b26-25+. The Labute approximate surface area is 276 Å². The Hall–Kier alpha value is -1.89. The number of allylic oxidation sites excluding steroid dienone is 2. The molecule has 45 heavy (non-hydrogen) atoms. The zero-order chi connectivity index (χ0) is 33.8. The summed E-state index contributed by atoms with van der Waals surface area (Å²) in [7, 11) is 0. The van der Waals surface area contributed by atoms with Gasteiger partial charge in [-0.2, -0.15) is 0 Å². The highest BCUT2D eigenvalue weighted by Crippen LogP contribution is 2.34. The summed E-state index contributed by atoms with van der Waals surface area (Å²) in [4.78, 5) is 37.8. The van der Waals surface area contributed by atoms with E-state index in [4.69, 9.17) is 0 Å². The third-order valence-electron chi connectivity index (χ3n) is 9.59. The predicted octanol–water partition coefficient (Wildman–Crippen LogP) is 10.6. The van der Waals surface area contributed by atoms with Gasteiger partial charge in [-0.1, -0.05) is 136 Å². The average molecular weight is 639 g/mol. The minimum Gasteiger partial charge on any atom is -0.477 e. The van der Waals surface area contributed by atoms with Crippen LogP contribution in [0.15, 0.2) is 12.2 Å². The van der Waals surface area contributed by atoms with E-state index in [1.807, 2.05) is 20.8 Å². The summed E-state index contributed by atoms with van der Waals surface area (Å²) in [5, 5.41) is 30.9. The first-order chi connectivity index (χ1) is 21.7. The monoisotopic (exact) mass is 639 g/mol. The molecule has 0 aliphatic heterocycles. The van der Waals surface area contributed by atoms with Crippen LogP contribution in [0.4, 0.5) is 0 Å². The SMILES string of the molecule is CCCCCCCCCCCCCCCCCC/C=C/CCC[N+](C(CCC)C(=O)O)(C(CCC)C(=O)O)C(CCC)C(=O)O. The quantitative estimate of drug-likeness (QED) is 0.0374. The van der Waals surface area contributed by atoms with Gasteiger partial charge in [0.05, 0.1) is 6.54 Å². The lowest BCUT2D eigenvalue weighted by atomic mass is 9.91. The molecule has 0 bridgehead atoms. The Morgan fingerprint density at radius 1 is 0.444 bits per heavy atom. The fraction of sp³-hybridized carbons (Fsp3) is 0.868. The molecule has 7 heteroatoms. The van der Waals surface area contributed by atoms with Gasteiger partial charge in [0.25, 0.3) is 0 Å². The first-order valence-corrected chi connectivity index (χ1v) is 18.9. The number of quaternary nitrogens is 1. The molecule has 0 amide bonds. The first-order valence-electron chi connectivity index (χ1n) is 18.9. The topological polar surface area (TPSA) is 112 Å². The van der Waals surface area contributed by atoms with Crippen molar-refractivity contribution in [3.63, 3.8) is 0 Å². The van der Waals surface area contributed by atoms with Crippen molar-refractivity contribution in [2.45, 2.75) is 206 Å². The highest BCUT2D eigenvalue weighted by atomic mass is 16.4. The summed E-state index contributed by atoms with van der Waals surface area (Å²) in [6.45, 7) is 8.12. The summed E-state index contributed by atoms with van der Waals surface area (Å²) in [5.74, 6) is -3.29. The van der Waals surface area contributed by atoms with Crippen molar-refractivity contribution >= 4 is 17.9 Å². The lowest BCUT2D eigenvalue weighted by molar-refractivity contribution is -0.973. The molecule has 0 spiro atoms. The predicted molar refractivity (Wildman–Crippen MR) is 187 cm³/mol. The molecule has 0 radical (unpaired) electrons. The van der Waals surface area contributed by atoms with E-state index in [9.17, 15) is 29.7 Å². The van der Waals surface area contributed by atoms with Gasteiger partial charge in [-0.3, -0.25) is 4.48 Å². The molecule has 3 atom stereocenters. The smallest absolute Gasteiger partial charge is 0.362 e. The lowest BCUT2D eigenvalue weighted by Gasteiger charge is -2.50. The fourth-order valence-corrected chi connectivity index (χ4v) is 7.18. The molecule has 0 aromatic carbocycles. The van der Waals surface area contributed by atoms with Gasteiger partial charge in [-0.15, -0.1) is 0 Å². The molecule has 0 fully saturated rings. The fourth-order valence-electron chi connectivity index (χ4n) is 7.18. The van der Waals surface area contributed by atoms with Gasteiger partial charge in [0.1, 0.15) is 0 Å². The maximum absolute atomic E-state index is 12.6. The molecule has 0 saturated heterocycles. The van der Waals surface area contributed by atoms with Gasteiger partial charge in [0.15, 0.2) is 18.1 Å². The molecule has 0 aromatic heterocycles. The number of hydrogen-bond donors (Lipinski definition) is 3. The van der Waals surface area contributed by atoms with Crippen LogP contribution in [0.1, 0.15) is 188 Å². The van der Waals surface area contributed by atoms with Crippen LogP contribution in [0, 0.1) is 0 Å². The maximum Gasteiger partial charge on any atom is 0.362 e.